The average Bonchev–Trinajstić information content (AvgIpc) is 3.22. The van der Waals surface area contributed by atoms with Gasteiger partial charge in [0.25, 0.3) is 0 Å². The first-order valence-corrected chi connectivity index (χ1v) is 6.18. The van der Waals surface area contributed by atoms with Gasteiger partial charge in [0.2, 0.25) is 0 Å². The first-order valence-electron chi connectivity index (χ1n) is 6.18. The van der Waals surface area contributed by atoms with Crippen molar-refractivity contribution in [1.82, 2.24) is 28.7 Å². The molecule has 4 rings (SSSR count). The van der Waals surface area contributed by atoms with Crippen LogP contribution in [0.3, 0.4) is 0 Å². The highest BCUT2D eigenvalue weighted by atomic mass is 15.2. The van der Waals surface area contributed by atoms with E-state index in [-0.39, 0.29) is 0 Å². The molecule has 3 aromatic rings. The van der Waals surface area contributed by atoms with Crippen LogP contribution in [0.2, 0.25) is 0 Å². The van der Waals surface area contributed by atoms with Gasteiger partial charge in [0.15, 0.2) is 11.6 Å². The van der Waals surface area contributed by atoms with Gasteiger partial charge in [0, 0.05) is 36.9 Å². The van der Waals surface area contributed by atoms with Crippen LogP contribution in [0, 0.1) is 0 Å². The van der Waals surface area contributed by atoms with Crippen LogP contribution in [0.4, 0.5) is 0 Å². The van der Waals surface area contributed by atoms with Gasteiger partial charge in [-0.15, -0.1) is 0 Å². The molecule has 7 heteroatoms. The molecule has 3 aromatic heterocycles. The monoisotopic (exact) mass is 265 g/mol. The van der Waals surface area contributed by atoms with E-state index in [1.54, 1.807) is 25.2 Å². The van der Waals surface area contributed by atoms with Gasteiger partial charge >= 0.3 is 0 Å². The second-order valence-electron chi connectivity index (χ2n) is 4.40. The summed E-state index contributed by atoms with van der Waals surface area (Å²) in [6.45, 7) is 0. The SMILES string of the molecule is C1=NC=C(n2cnc(-n3cnc(-n4ccnc4)c3)c2)C1. The average molecular weight is 265 g/mol. The van der Waals surface area contributed by atoms with Gasteiger partial charge in [-0.1, -0.05) is 0 Å². The van der Waals surface area contributed by atoms with Crippen LogP contribution in [0.15, 0.2) is 55.0 Å². The minimum absolute atomic E-state index is 0.806. The van der Waals surface area contributed by atoms with Crippen molar-refractivity contribution < 1.29 is 0 Å². The molecule has 0 bridgehead atoms. The van der Waals surface area contributed by atoms with E-state index in [2.05, 4.69) is 19.9 Å². The molecule has 0 saturated carbocycles. The topological polar surface area (TPSA) is 65.8 Å². The minimum atomic E-state index is 0.806. The highest BCUT2D eigenvalue weighted by molar-refractivity contribution is 5.76. The van der Waals surface area contributed by atoms with Crippen LogP contribution >= 0.6 is 0 Å². The number of rotatable bonds is 3. The molecule has 0 unspecified atom stereocenters. The summed E-state index contributed by atoms with van der Waals surface area (Å²) in [5.74, 6) is 1.62. The standard InChI is InChI=1S/C13H11N7/c1-2-14-5-11(1)19-6-13(16-9-19)20-7-12(17-10-20)18-4-3-15-8-18/h2-10H,1H2. The number of nitrogens with zero attached hydrogens (tertiary/aromatic N) is 7. The Kier molecular flexibility index (Phi) is 2.35. The van der Waals surface area contributed by atoms with Gasteiger partial charge in [0.1, 0.15) is 19.0 Å². The largest absolute Gasteiger partial charge is 0.306 e. The second-order valence-corrected chi connectivity index (χ2v) is 4.40. The third-order valence-corrected chi connectivity index (χ3v) is 3.13. The lowest BCUT2D eigenvalue weighted by Gasteiger charge is -1.99. The number of imidazole rings is 3. The van der Waals surface area contributed by atoms with Crippen LogP contribution in [0.1, 0.15) is 6.42 Å². The first kappa shape index (κ1) is 10.9. The second kappa shape index (κ2) is 4.30. The number of hydrogen-bond donors (Lipinski definition) is 0. The molecule has 20 heavy (non-hydrogen) atoms. The van der Waals surface area contributed by atoms with Crippen LogP contribution in [0.25, 0.3) is 17.3 Å². The van der Waals surface area contributed by atoms with Gasteiger partial charge in [-0.2, -0.15) is 0 Å². The Hall–Kier alpha value is -2.96. The number of aliphatic imine (C=N–C) groups is 1. The Morgan fingerprint density at radius 1 is 0.900 bits per heavy atom. The lowest BCUT2D eigenvalue weighted by molar-refractivity contribution is 1.00. The van der Waals surface area contributed by atoms with Crippen molar-refractivity contribution >= 4 is 11.9 Å². The summed E-state index contributed by atoms with van der Waals surface area (Å²) in [5, 5.41) is 0. The van der Waals surface area contributed by atoms with Crippen molar-refractivity contribution in [3.8, 4) is 11.6 Å². The molecule has 0 aliphatic carbocycles. The van der Waals surface area contributed by atoms with Gasteiger partial charge in [0.05, 0.1) is 12.4 Å². The molecule has 0 radical (unpaired) electrons. The quantitative estimate of drug-likeness (QED) is 0.721. The molecule has 1 aliphatic rings. The Bertz CT molecular complexity index is 788. The van der Waals surface area contributed by atoms with E-state index in [0.717, 1.165) is 23.8 Å². The highest BCUT2D eigenvalue weighted by Crippen LogP contribution is 2.16. The van der Waals surface area contributed by atoms with Crippen molar-refractivity contribution in [2.45, 2.75) is 6.42 Å². The predicted molar refractivity (Wildman–Crippen MR) is 73.9 cm³/mol. The summed E-state index contributed by atoms with van der Waals surface area (Å²) in [5.41, 5.74) is 1.11. The summed E-state index contributed by atoms with van der Waals surface area (Å²) >= 11 is 0. The Morgan fingerprint density at radius 2 is 1.70 bits per heavy atom. The molecule has 0 amide bonds. The van der Waals surface area contributed by atoms with Gasteiger partial charge in [-0.3, -0.25) is 14.1 Å². The molecule has 0 aromatic carbocycles. The summed E-state index contributed by atoms with van der Waals surface area (Å²) < 4.78 is 5.70. The fraction of sp³-hybridized carbons (Fsp3) is 0.0769. The number of aromatic nitrogens is 6. The minimum Gasteiger partial charge on any atom is -0.306 e. The molecule has 98 valence electrons. The summed E-state index contributed by atoms with van der Waals surface area (Å²) in [6, 6.07) is 0. The fourth-order valence-corrected chi connectivity index (χ4v) is 2.08. The molecule has 0 atom stereocenters. The molecule has 1 aliphatic heterocycles. The van der Waals surface area contributed by atoms with Gasteiger partial charge in [-0.05, 0) is 0 Å². The Labute approximate surface area is 114 Å². The first-order chi connectivity index (χ1) is 9.90. The third-order valence-electron chi connectivity index (χ3n) is 3.13. The van der Waals surface area contributed by atoms with Crippen LogP contribution in [-0.2, 0) is 0 Å². The van der Waals surface area contributed by atoms with E-state index >= 15 is 0 Å². The Balaban J connectivity index is 1.65. The van der Waals surface area contributed by atoms with E-state index in [1.165, 1.54) is 0 Å². The zero-order chi connectivity index (χ0) is 13.4. The molecule has 0 saturated heterocycles. The van der Waals surface area contributed by atoms with E-state index in [0.29, 0.717) is 0 Å². The molecular weight excluding hydrogens is 254 g/mol. The van der Waals surface area contributed by atoms with Crippen molar-refractivity contribution in [3.63, 3.8) is 0 Å². The molecular formula is C13H11N7. The highest BCUT2D eigenvalue weighted by Gasteiger charge is 2.08. The third kappa shape index (κ3) is 1.76. The number of allylic oxidation sites excluding steroid dienone is 1. The maximum Gasteiger partial charge on any atom is 0.156 e. The number of hydrogen-bond acceptors (Lipinski definition) is 4. The zero-order valence-corrected chi connectivity index (χ0v) is 10.5. The summed E-state index contributed by atoms with van der Waals surface area (Å²) in [6.07, 6.45) is 17.2. The smallest absolute Gasteiger partial charge is 0.156 e. The lowest BCUT2D eigenvalue weighted by Crippen LogP contribution is -1.93. The zero-order valence-electron chi connectivity index (χ0n) is 10.5. The van der Waals surface area contributed by atoms with Crippen LogP contribution in [-0.4, -0.2) is 34.9 Å². The van der Waals surface area contributed by atoms with E-state index in [4.69, 9.17) is 0 Å². The van der Waals surface area contributed by atoms with E-state index in [1.807, 2.05) is 44.7 Å². The Morgan fingerprint density at radius 3 is 2.45 bits per heavy atom. The van der Waals surface area contributed by atoms with E-state index in [9.17, 15) is 0 Å². The lowest BCUT2D eigenvalue weighted by atomic mass is 10.4. The van der Waals surface area contributed by atoms with Crippen molar-refractivity contribution in [2.24, 2.45) is 4.99 Å². The van der Waals surface area contributed by atoms with Gasteiger partial charge in [-0.25, -0.2) is 15.0 Å². The van der Waals surface area contributed by atoms with Crippen molar-refractivity contribution in [2.75, 3.05) is 0 Å². The molecule has 0 fully saturated rings. The summed E-state index contributed by atoms with van der Waals surface area (Å²) in [4.78, 5) is 16.8. The van der Waals surface area contributed by atoms with Crippen LogP contribution < -0.4 is 0 Å². The molecule has 7 nitrogen and oxygen atoms in total. The van der Waals surface area contributed by atoms with Crippen molar-refractivity contribution in [1.29, 1.82) is 0 Å². The van der Waals surface area contributed by atoms with Crippen molar-refractivity contribution in [3.05, 3.63) is 50.0 Å². The summed E-state index contributed by atoms with van der Waals surface area (Å²) in [7, 11) is 0. The van der Waals surface area contributed by atoms with Crippen LogP contribution in [0.5, 0.6) is 0 Å². The molecule has 0 N–H and O–H groups in total. The molecule has 0 spiro atoms. The predicted octanol–water partition coefficient (Wildman–Crippen LogP) is 1.53. The van der Waals surface area contributed by atoms with Gasteiger partial charge < -0.3 is 4.57 Å². The fourth-order valence-electron chi connectivity index (χ4n) is 2.08. The maximum atomic E-state index is 4.39. The van der Waals surface area contributed by atoms with E-state index < -0.39 is 0 Å². The maximum absolute atomic E-state index is 4.39. The normalized spacial score (nSPS) is 13.9. The molecule has 4 heterocycles.